The SMILES string of the molecule is O=C(c1ccc(-c2[nH]ccc3cccc2-3)cc1)N1CCN(C(=O)C2(O)CC2)CC1. The predicted molar refractivity (Wildman–Crippen MR) is 110 cm³/mol. The van der Waals surface area contributed by atoms with Gasteiger partial charge in [0.2, 0.25) is 0 Å². The number of nitrogens with one attached hydrogen (secondary N) is 1. The van der Waals surface area contributed by atoms with E-state index >= 15 is 0 Å². The summed E-state index contributed by atoms with van der Waals surface area (Å²) in [5.74, 6) is -0.212. The minimum absolute atomic E-state index is 0.0238. The second-order valence-corrected chi connectivity index (χ2v) is 7.94. The lowest BCUT2D eigenvalue weighted by Gasteiger charge is -2.35. The molecule has 6 heteroatoms. The Bertz CT molecular complexity index is 1030. The lowest BCUT2D eigenvalue weighted by atomic mass is 10.0. The standard InChI is InChI=1S/C23H23N3O3/c27-21(25-12-14-26(15-13-25)22(28)23(29)9-10-23)18-6-4-17(5-7-18)20-19-3-1-2-16(19)8-11-24-20/h1-8,11,24,29H,9-10,12-15H2. The van der Waals surface area contributed by atoms with Crippen molar-refractivity contribution in [1.29, 1.82) is 0 Å². The van der Waals surface area contributed by atoms with Gasteiger partial charge in [-0.2, -0.15) is 0 Å². The van der Waals surface area contributed by atoms with Gasteiger partial charge in [0, 0.05) is 43.5 Å². The van der Waals surface area contributed by atoms with Crippen LogP contribution in [0.15, 0.2) is 54.7 Å². The van der Waals surface area contributed by atoms with Crippen LogP contribution in [-0.4, -0.2) is 63.5 Å². The number of hydrogen-bond donors (Lipinski definition) is 2. The number of amides is 2. The molecule has 148 valence electrons. The van der Waals surface area contributed by atoms with Gasteiger partial charge in [-0.15, -0.1) is 0 Å². The molecule has 5 rings (SSSR count). The molecule has 2 N–H and O–H groups in total. The Morgan fingerprint density at radius 2 is 1.55 bits per heavy atom. The van der Waals surface area contributed by atoms with Gasteiger partial charge in [-0.3, -0.25) is 9.59 Å². The molecule has 2 fully saturated rings. The molecule has 4 aliphatic rings. The van der Waals surface area contributed by atoms with Crippen LogP contribution >= 0.6 is 0 Å². The molecule has 2 aliphatic heterocycles. The van der Waals surface area contributed by atoms with Crippen molar-refractivity contribution in [2.45, 2.75) is 18.4 Å². The molecule has 6 nitrogen and oxygen atoms in total. The van der Waals surface area contributed by atoms with Gasteiger partial charge < -0.3 is 19.9 Å². The van der Waals surface area contributed by atoms with E-state index < -0.39 is 5.60 Å². The van der Waals surface area contributed by atoms with E-state index in [0.29, 0.717) is 44.6 Å². The van der Waals surface area contributed by atoms with Gasteiger partial charge in [-0.25, -0.2) is 0 Å². The number of H-pyrrole nitrogens is 1. The summed E-state index contributed by atoms with van der Waals surface area (Å²) in [6.45, 7) is 1.92. The Labute approximate surface area is 169 Å². The van der Waals surface area contributed by atoms with Crippen LogP contribution in [0.4, 0.5) is 0 Å². The monoisotopic (exact) mass is 389 g/mol. The summed E-state index contributed by atoms with van der Waals surface area (Å²) < 4.78 is 0. The van der Waals surface area contributed by atoms with E-state index in [1.54, 1.807) is 9.80 Å². The van der Waals surface area contributed by atoms with Crippen molar-refractivity contribution >= 4 is 11.8 Å². The van der Waals surface area contributed by atoms with Crippen LogP contribution in [0, 0.1) is 0 Å². The second-order valence-electron chi connectivity index (χ2n) is 7.94. The molecule has 1 aromatic rings. The summed E-state index contributed by atoms with van der Waals surface area (Å²) in [6.07, 6.45) is 3.02. The summed E-state index contributed by atoms with van der Waals surface area (Å²) in [5, 5.41) is 10.0. The number of piperazine rings is 1. The van der Waals surface area contributed by atoms with E-state index in [1.807, 2.05) is 42.6 Å². The highest BCUT2D eigenvalue weighted by molar-refractivity contribution is 5.95. The molecule has 2 heterocycles. The quantitative estimate of drug-likeness (QED) is 0.723. The predicted octanol–water partition coefficient (Wildman–Crippen LogP) is 2.60. The van der Waals surface area contributed by atoms with E-state index in [1.165, 1.54) is 5.56 Å². The number of hydrogen-bond acceptors (Lipinski definition) is 3. The van der Waals surface area contributed by atoms with Crippen molar-refractivity contribution in [3.8, 4) is 22.4 Å². The Morgan fingerprint density at radius 1 is 0.862 bits per heavy atom. The zero-order valence-electron chi connectivity index (χ0n) is 16.1. The Hall–Kier alpha value is -3.12. The van der Waals surface area contributed by atoms with E-state index in [-0.39, 0.29) is 11.8 Å². The maximum atomic E-state index is 12.9. The molecule has 2 aliphatic carbocycles. The lowest BCUT2D eigenvalue weighted by molar-refractivity contribution is -0.143. The Kier molecular flexibility index (Phi) is 4.17. The van der Waals surface area contributed by atoms with Crippen LogP contribution in [0.25, 0.3) is 22.4 Å². The first kappa shape index (κ1) is 17.9. The van der Waals surface area contributed by atoms with Gasteiger partial charge in [-0.1, -0.05) is 30.3 Å². The fourth-order valence-corrected chi connectivity index (χ4v) is 4.04. The van der Waals surface area contributed by atoms with Gasteiger partial charge in [0.25, 0.3) is 11.8 Å². The highest BCUT2D eigenvalue weighted by atomic mass is 16.3. The Balaban J connectivity index is 1.27. The molecule has 0 bridgehead atoms. The molecule has 2 amide bonds. The second kappa shape index (κ2) is 6.74. The molecule has 1 saturated carbocycles. The number of rotatable bonds is 3. The van der Waals surface area contributed by atoms with Gasteiger partial charge in [0.05, 0.1) is 5.69 Å². The average molecular weight is 389 g/mol. The minimum Gasteiger partial charge on any atom is -0.380 e. The van der Waals surface area contributed by atoms with Crippen LogP contribution in [0.2, 0.25) is 0 Å². The third-order valence-electron chi connectivity index (χ3n) is 6.01. The normalized spacial score (nSPS) is 18.1. The molecule has 0 atom stereocenters. The first-order chi connectivity index (χ1) is 14.0. The van der Waals surface area contributed by atoms with Gasteiger partial charge in [-0.05, 0) is 42.2 Å². The number of pyridine rings is 1. The Morgan fingerprint density at radius 3 is 2.24 bits per heavy atom. The number of fused-ring (bicyclic) bond motifs is 1. The van der Waals surface area contributed by atoms with Crippen molar-refractivity contribution in [2.24, 2.45) is 0 Å². The molecule has 0 radical (unpaired) electrons. The molecule has 1 saturated heterocycles. The number of nitrogens with zero attached hydrogens (tertiary/aromatic N) is 2. The summed E-state index contributed by atoms with van der Waals surface area (Å²) in [7, 11) is 0. The zero-order chi connectivity index (χ0) is 20.0. The molecule has 1 aromatic carbocycles. The summed E-state index contributed by atoms with van der Waals surface area (Å²) in [4.78, 5) is 31.9. The maximum Gasteiger partial charge on any atom is 0.254 e. The van der Waals surface area contributed by atoms with Crippen molar-refractivity contribution < 1.29 is 14.7 Å². The van der Waals surface area contributed by atoms with E-state index in [0.717, 1.165) is 16.8 Å². The van der Waals surface area contributed by atoms with Crippen LogP contribution in [0.5, 0.6) is 0 Å². The van der Waals surface area contributed by atoms with Gasteiger partial charge in [0.1, 0.15) is 5.60 Å². The van der Waals surface area contributed by atoms with E-state index in [9.17, 15) is 14.7 Å². The fraction of sp³-hybridized carbons (Fsp3) is 0.304. The van der Waals surface area contributed by atoms with E-state index in [2.05, 4.69) is 17.1 Å². The minimum atomic E-state index is -1.14. The first-order valence-corrected chi connectivity index (χ1v) is 10.0. The third kappa shape index (κ3) is 3.19. The molecule has 0 unspecified atom stereocenters. The smallest absolute Gasteiger partial charge is 0.254 e. The zero-order valence-corrected chi connectivity index (χ0v) is 16.1. The van der Waals surface area contributed by atoms with Crippen molar-refractivity contribution in [2.75, 3.05) is 26.2 Å². The van der Waals surface area contributed by atoms with Crippen LogP contribution in [-0.2, 0) is 4.79 Å². The van der Waals surface area contributed by atoms with Crippen LogP contribution in [0.1, 0.15) is 23.2 Å². The van der Waals surface area contributed by atoms with Crippen LogP contribution in [0.3, 0.4) is 0 Å². The van der Waals surface area contributed by atoms with Crippen molar-refractivity contribution in [3.05, 3.63) is 60.3 Å². The van der Waals surface area contributed by atoms with Gasteiger partial charge >= 0.3 is 0 Å². The number of aliphatic hydroxyl groups is 1. The summed E-state index contributed by atoms with van der Waals surface area (Å²) in [6, 6.07) is 15.9. The number of aromatic amines is 1. The average Bonchev–Trinajstić information content (AvgIpc) is 3.33. The number of carbonyl (C=O) groups excluding carboxylic acids is 2. The number of aromatic nitrogens is 1. The highest BCUT2D eigenvalue weighted by Gasteiger charge is 2.50. The maximum absolute atomic E-state index is 12.9. The first-order valence-electron chi connectivity index (χ1n) is 10.0. The molecule has 29 heavy (non-hydrogen) atoms. The number of carbonyl (C=O) groups is 2. The van der Waals surface area contributed by atoms with Gasteiger partial charge in [0.15, 0.2) is 0 Å². The van der Waals surface area contributed by atoms with Crippen molar-refractivity contribution in [1.82, 2.24) is 14.8 Å². The van der Waals surface area contributed by atoms with Crippen molar-refractivity contribution in [3.63, 3.8) is 0 Å². The largest absolute Gasteiger partial charge is 0.380 e. The molecular weight excluding hydrogens is 366 g/mol. The molecule has 0 spiro atoms. The molecular formula is C23H23N3O3. The fourth-order valence-electron chi connectivity index (χ4n) is 4.04. The lowest BCUT2D eigenvalue weighted by Crippen LogP contribution is -2.53. The summed E-state index contributed by atoms with van der Waals surface area (Å²) in [5.41, 5.74) is 3.92. The number of benzene rings is 1. The van der Waals surface area contributed by atoms with E-state index in [4.69, 9.17) is 0 Å². The van der Waals surface area contributed by atoms with Crippen LogP contribution < -0.4 is 0 Å². The highest BCUT2D eigenvalue weighted by Crippen LogP contribution is 2.37. The topological polar surface area (TPSA) is 76.6 Å². The third-order valence-corrected chi connectivity index (χ3v) is 6.01. The summed E-state index contributed by atoms with van der Waals surface area (Å²) >= 11 is 0. The molecule has 0 aromatic heterocycles.